The van der Waals surface area contributed by atoms with Gasteiger partial charge in [0.1, 0.15) is 0 Å². The minimum atomic E-state index is -0.434. The Morgan fingerprint density at radius 3 is 2.93 bits per heavy atom. The van der Waals surface area contributed by atoms with Crippen molar-refractivity contribution in [3.8, 4) is 0 Å². The second kappa shape index (κ2) is 5.32. The van der Waals surface area contributed by atoms with E-state index in [4.69, 9.17) is 4.74 Å². The molecule has 4 nitrogen and oxygen atoms in total. The van der Waals surface area contributed by atoms with Gasteiger partial charge in [-0.25, -0.2) is 0 Å². The van der Waals surface area contributed by atoms with E-state index in [0.717, 1.165) is 6.42 Å². The van der Waals surface area contributed by atoms with Gasteiger partial charge < -0.3 is 15.2 Å². The van der Waals surface area contributed by atoms with Crippen LogP contribution in [-0.2, 0) is 9.53 Å². The standard InChI is InChI=1S/C10H19NO3/c1-3-8(12)6-11-10(13)9-4-5-14-7(9)2/h7-9,12H,3-6H2,1-2H3,(H,11,13). The second-order valence-corrected chi connectivity index (χ2v) is 3.78. The molecule has 3 atom stereocenters. The Morgan fingerprint density at radius 1 is 1.71 bits per heavy atom. The van der Waals surface area contributed by atoms with Crippen molar-refractivity contribution in [3.63, 3.8) is 0 Å². The molecule has 1 saturated heterocycles. The normalized spacial score (nSPS) is 28.8. The van der Waals surface area contributed by atoms with Crippen molar-refractivity contribution in [2.24, 2.45) is 5.92 Å². The molecule has 0 saturated carbocycles. The molecule has 82 valence electrons. The summed E-state index contributed by atoms with van der Waals surface area (Å²) in [6, 6.07) is 0. The first kappa shape index (κ1) is 11.5. The Bertz CT molecular complexity index is 196. The lowest BCUT2D eigenvalue weighted by Crippen LogP contribution is -2.38. The van der Waals surface area contributed by atoms with Crippen LogP contribution in [-0.4, -0.2) is 36.4 Å². The summed E-state index contributed by atoms with van der Waals surface area (Å²) in [6.07, 6.45) is 1.03. The average molecular weight is 201 g/mol. The molecule has 2 N–H and O–H groups in total. The lowest BCUT2D eigenvalue weighted by molar-refractivity contribution is -0.126. The molecule has 1 heterocycles. The molecule has 0 radical (unpaired) electrons. The first-order valence-electron chi connectivity index (χ1n) is 5.22. The number of ether oxygens (including phenoxy) is 1. The van der Waals surface area contributed by atoms with Crippen LogP contribution in [0.15, 0.2) is 0 Å². The molecule has 0 aliphatic carbocycles. The summed E-state index contributed by atoms with van der Waals surface area (Å²) in [7, 11) is 0. The fourth-order valence-electron chi connectivity index (χ4n) is 1.57. The van der Waals surface area contributed by atoms with Gasteiger partial charge in [-0.1, -0.05) is 6.92 Å². The molecule has 1 rings (SSSR count). The maximum absolute atomic E-state index is 11.6. The molecule has 1 amide bonds. The number of amides is 1. The molecule has 0 aromatic carbocycles. The first-order valence-corrected chi connectivity index (χ1v) is 5.22. The first-order chi connectivity index (χ1) is 6.65. The van der Waals surface area contributed by atoms with Gasteiger partial charge in [-0.3, -0.25) is 4.79 Å². The van der Waals surface area contributed by atoms with Crippen LogP contribution < -0.4 is 5.32 Å². The number of carbonyl (C=O) groups is 1. The molecule has 0 bridgehead atoms. The van der Waals surface area contributed by atoms with Gasteiger partial charge in [0.25, 0.3) is 0 Å². The van der Waals surface area contributed by atoms with Gasteiger partial charge in [0.15, 0.2) is 0 Å². The van der Waals surface area contributed by atoms with Gasteiger partial charge in [0.2, 0.25) is 5.91 Å². The SMILES string of the molecule is CCC(O)CNC(=O)C1CCOC1C. The summed E-state index contributed by atoms with van der Waals surface area (Å²) in [5.41, 5.74) is 0. The van der Waals surface area contributed by atoms with E-state index in [1.165, 1.54) is 0 Å². The van der Waals surface area contributed by atoms with Crippen molar-refractivity contribution in [2.75, 3.05) is 13.2 Å². The number of aliphatic hydroxyl groups is 1. The quantitative estimate of drug-likeness (QED) is 0.687. The van der Waals surface area contributed by atoms with Crippen molar-refractivity contribution < 1.29 is 14.6 Å². The molecule has 4 heteroatoms. The molecule has 1 aliphatic heterocycles. The zero-order valence-corrected chi connectivity index (χ0v) is 8.82. The lowest BCUT2D eigenvalue weighted by Gasteiger charge is -2.15. The van der Waals surface area contributed by atoms with Crippen LogP contribution in [0.3, 0.4) is 0 Å². The summed E-state index contributed by atoms with van der Waals surface area (Å²) < 4.78 is 5.30. The van der Waals surface area contributed by atoms with Crippen molar-refractivity contribution in [3.05, 3.63) is 0 Å². The monoisotopic (exact) mass is 201 g/mol. The largest absolute Gasteiger partial charge is 0.391 e. The minimum Gasteiger partial charge on any atom is -0.391 e. The zero-order valence-electron chi connectivity index (χ0n) is 8.82. The van der Waals surface area contributed by atoms with Crippen molar-refractivity contribution in [1.29, 1.82) is 0 Å². The summed E-state index contributed by atoms with van der Waals surface area (Å²) in [5, 5.41) is 12.0. The number of nitrogens with one attached hydrogen (secondary N) is 1. The van der Waals surface area contributed by atoms with E-state index >= 15 is 0 Å². The highest BCUT2D eigenvalue weighted by Gasteiger charge is 2.30. The average Bonchev–Trinajstić information content (AvgIpc) is 2.60. The van der Waals surface area contributed by atoms with E-state index in [9.17, 15) is 9.90 Å². The van der Waals surface area contributed by atoms with Gasteiger partial charge in [0.05, 0.1) is 18.1 Å². The van der Waals surface area contributed by atoms with Gasteiger partial charge in [-0.05, 0) is 19.8 Å². The summed E-state index contributed by atoms with van der Waals surface area (Å²) >= 11 is 0. The van der Waals surface area contributed by atoms with Crippen LogP contribution in [0.1, 0.15) is 26.7 Å². The maximum atomic E-state index is 11.6. The van der Waals surface area contributed by atoms with Crippen LogP contribution in [0, 0.1) is 5.92 Å². The van der Waals surface area contributed by atoms with Crippen molar-refractivity contribution in [2.45, 2.75) is 38.9 Å². The third-order valence-electron chi connectivity index (χ3n) is 2.70. The Morgan fingerprint density at radius 2 is 2.43 bits per heavy atom. The lowest BCUT2D eigenvalue weighted by atomic mass is 10.0. The van der Waals surface area contributed by atoms with Gasteiger partial charge in [0, 0.05) is 13.2 Å². The maximum Gasteiger partial charge on any atom is 0.225 e. The number of aliphatic hydroxyl groups excluding tert-OH is 1. The number of hydrogen-bond donors (Lipinski definition) is 2. The third kappa shape index (κ3) is 2.96. The second-order valence-electron chi connectivity index (χ2n) is 3.78. The minimum absolute atomic E-state index is 0.00231. The molecule has 1 aliphatic rings. The smallest absolute Gasteiger partial charge is 0.225 e. The van der Waals surface area contributed by atoms with E-state index in [-0.39, 0.29) is 17.9 Å². The number of rotatable bonds is 4. The topological polar surface area (TPSA) is 58.6 Å². The Hall–Kier alpha value is -0.610. The van der Waals surface area contributed by atoms with Crippen LogP contribution in [0.5, 0.6) is 0 Å². The van der Waals surface area contributed by atoms with E-state index in [2.05, 4.69) is 5.32 Å². The highest BCUT2D eigenvalue weighted by Crippen LogP contribution is 2.20. The molecule has 1 fully saturated rings. The molecular weight excluding hydrogens is 182 g/mol. The number of carbonyl (C=O) groups excluding carboxylic acids is 1. The molecule has 14 heavy (non-hydrogen) atoms. The van der Waals surface area contributed by atoms with Gasteiger partial charge in [-0.15, -0.1) is 0 Å². The van der Waals surface area contributed by atoms with Crippen LogP contribution >= 0.6 is 0 Å². The molecule has 0 aromatic heterocycles. The molecular formula is C10H19NO3. The Kier molecular flexibility index (Phi) is 4.35. The van der Waals surface area contributed by atoms with Gasteiger partial charge in [-0.2, -0.15) is 0 Å². The van der Waals surface area contributed by atoms with Crippen LogP contribution in [0.4, 0.5) is 0 Å². The van der Waals surface area contributed by atoms with E-state index in [0.29, 0.717) is 19.6 Å². The third-order valence-corrected chi connectivity index (χ3v) is 2.70. The molecule has 3 unspecified atom stereocenters. The van der Waals surface area contributed by atoms with E-state index in [1.807, 2.05) is 13.8 Å². The Labute approximate surface area is 84.6 Å². The summed E-state index contributed by atoms with van der Waals surface area (Å²) in [5.74, 6) is -0.0402. The molecule has 0 spiro atoms. The van der Waals surface area contributed by atoms with Crippen LogP contribution in [0.25, 0.3) is 0 Å². The highest BCUT2D eigenvalue weighted by molar-refractivity contribution is 5.79. The fourth-order valence-corrected chi connectivity index (χ4v) is 1.57. The predicted molar refractivity (Wildman–Crippen MR) is 52.8 cm³/mol. The summed E-state index contributed by atoms with van der Waals surface area (Å²) in [6.45, 7) is 4.81. The molecule has 0 aromatic rings. The van der Waals surface area contributed by atoms with Crippen molar-refractivity contribution in [1.82, 2.24) is 5.32 Å². The summed E-state index contributed by atoms with van der Waals surface area (Å²) in [4.78, 5) is 11.6. The zero-order chi connectivity index (χ0) is 10.6. The Balaban J connectivity index is 2.27. The fraction of sp³-hybridized carbons (Fsp3) is 0.900. The van der Waals surface area contributed by atoms with Crippen LogP contribution in [0.2, 0.25) is 0 Å². The van der Waals surface area contributed by atoms with E-state index < -0.39 is 6.10 Å². The van der Waals surface area contributed by atoms with E-state index in [1.54, 1.807) is 0 Å². The van der Waals surface area contributed by atoms with Crippen molar-refractivity contribution >= 4 is 5.91 Å². The predicted octanol–water partition coefficient (Wildman–Crippen LogP) is 0.298. The van der Waals surface area contributed by atoms with Gasteiger partial charge >= 0.3 is 0 Å². The number of hydrogen-bond acceptors (Lipinski definition) is 3. The highest BCUT2D eigenvalue weighted by atomic mass is 16.5.